The Labute approximate surface area is 223 Å². The van der Waals surface area contributed by atoms with Crippen molar-refractivity contribution in [1.82, 2.24) is 0 Å². The van der Waals surface area contributed by atoms with E-state index in [1.165, 1.54) is 24.3 Å². The first-order valence-corrected chi connectivity index (χ1v) is 13.1. The SMILES string of the molecule is CCCCCc1ccc(-c2ccc(C(F)(F)Oc3cc(C(C)(C)C)c(O)c(C(C)(C)C)c3)c(F)c2)c(F)c1. The molecule has 0 amide bonds. The zero-order valence-electron chi connectivity index (χ0n) is 23.3. The molecule has 0 spiro atoms. The Balaban J connectivity index is 1.94. The van der Waals surface area contributed by atoms with E-state index in [2.05, 4.69) is 6.92 Å². The maximum Gasteiger partial charge on any atom is 0.429 e. The molecule has 2 nitrogen and oxygen atoms in total. The van der Waals surface area contributed by atoms with Gasteiger partial charge in [-0.3, -0.25) is 0 Å². The number of halogens is 4. The Hall–Kier alpha value is -3.02. The van der Waals surface area contributed by atoms with Crippen LogP contribution in [0.1, 0.15) is 90.0 Å². The predicted octanol–water partition coefficient (Wildman–Crippen LogP) is 9.79. The molecule has 38 heavy (non-hydrogen) atoms. The molecular weight excluding hydrogens is 492 g/mol. The van der Waals surface area contributed by atoms with Crippen LogP contribution < -0.4 is 4.74 Å². The molecular formula is C32H38F4O2. The van der Waals surface area contributed by atoms with Gasteiger partial charge in [0.05, 0.1) is 5.56 Å². The Morgan fingerprint density at radius 1 is 0.737 bits per heavy atom. The number of aryl methyl sites for hydroxylation is 1. The first-order valence-electron chi connectivity index (χ1n) is 13.1. The lowest BCUT2D eigenvalue weighted by Gasteiger charge is -2.29. The lowest BCUT2D eigenvalue weighted by molar-refractivity contribution is -0.187. The molecule has 0 heterocycles. The Morgan fingerprint density at radius 3 is 1.84 bits per heavy atom. The topological polar surface area (TPSA) is 29.5 Å². The van der Waals surface area contributed by atoms with Crippen molar-refractivity contribution < 1.29 is 27.4 Å². The summed E-state index contributed by atoms with van der Waals surface area (Å²) in [5, 5.41) is 10.8. The number of hydrogen-bond acceptors (Lipinski definition) is 2. The Morgan fingerprint density at radius 2 is 1.34 bits per heavy atom. The van der Waals surface area contributed by atoms with E-state index in [9.17, 15) is 9.50 Å². The van der Waals surface area contributed by atoms with Crippen LogP contribution in [0.25, 0.3) is 11.1 Å². The maximum atomic E-state index is 15.3. The van der Waals surface area contributed by atoms with E-state index in [0.717, 1.165) is 43.4 Å². The Bertz CT molecular complexity index is 1250. The molecule has 0 fully saturated rings. The predicted molar refractivity (Wildman–Crippen MR) is 145 cm³/mol. The van der Waals surface area contributed by atoms with Crippen LogP contribution in [0.2, 0.25) is 0 Å². The van der Waals surface area contributed by atoms with Gasteiger partial charge in [-0.1, -0.05) is 79.5 Å². The highest BCUT2D eigenvalue weighted by Crippen LogP contribution is 2.44. The van der Waals surface area contributed by atoms with Gasteiger partial charge in [-0.25, -0.2) is 8.78 Å². The van der Waals surface area contributed by atoms with Crippen LogP contribution in [-0.4, -0.2) is 5.11 Å². The Kier molecular flexibility index (Phi) is 8.55. The summed E-state index contributed by atoms with van der Waals surface area (Å²) in [4.78, 5) is 0. The van der Waals surface area contributed by atoms with Gasteiger partial charge in [0.2, 0.25) is 0 Å². The minimum Gasteiger partial charge on any atom is -0.507 e. The fourth-order valence-corrected chi connectivity index (χ4v) is 4.46. The summed E-state index contributed by atoms with van der Waals surface area (Å²) < 4.78 is 65.4. The quantitative estimate of drug-likeness (QED) is 0.232. The standard InChI is InChI=1S/C32H38F4O2/c1-8-9-10-11-20-12-14-23(27(33)16-20)21-13-15-24(28(34)17-21)32(35,36)38-22-18-25(30(2,3)4)29(37)26(19-22)31(5,6)7/h12-19,37H,8-11H2,1-7H3. The molecule has 0 saturated heterocycles. The number of ether oxygens (including phenoxy) is 1. The third kappa shape index (κ3) is 6.69. The third-order valence-electron chi connectivity index (χ3n) is 6.64. The maximum absolute atomic E-state index is 15.3. The zero-order chi connectivity index (χ0) is 28.5. The van der Waals surface area contributed by atoms with E-state index in [1.54, 1.807) is 12.1 Å². The molecule has 206 valence electrons. The fraction of sp³-hybridized carbons (Fsp3) is 0.438. The van der Waals surface area contributed by atoms with Crippen molar-refractivity contribution in [2.45, 2.75) is 91.1 Å². The first-order chi connectivity index (χ1) is 17.5. The van der Waals surface area contributed by atoms with Gasteiger partial charge in [-0.15, -0.1) is 0 Å². The third-order valence-corrected chi connectivity index (χ3v) is 6.64. The van der Waals surface area contributed by atoms with E-state index in [-0.39, 0.29) is 22.6 Å². The lowest BCUT2D eigenvalue weighted by Crippen LogP contribution is -2.25. The molecule has 0 radical (unpaired) electrons. The molecule has 3 rings (SSSR count). The molecule has 0 unspecified atom stereocenters. The summed E-state index contributed by atoms with van der Waals surface area (Å²) in [5.41, 5.74) is -0.0325. The number of phenols is 1. The first kappa shape index (κ1) is 29.5. The second-order valence-corrected chi connectivity index (χ2v) is 12.0. The molecule has 3 aromatic rings. The average molecular weight is 531 g/mol. The number of unbranched alkanes of at least 4 members (excludes halogenated alkanes) is 2. The van der Waals surface area contributed by atoms with Gasteiger partial charge >= 0.3 is 6.11 Å². The molecule has 6 heteroatoms. The minimum atomic E-state index is -4.01. The number of hydrogen-bond donors (Lipinski definition) is 1. The smallest absolute Gasteiger partial charge is 0.429 e. The van der Waals surface area contributed by atoms with Crippen molar-refractivity contribution in [2.24, 2.45) is 0 Å². The molecule has 0 aliphatic rings. The van der Waals surface area contributed by atoms with Gasteiger partial charge in [0.1, 0.15) is 23.1 Å². The summed E-state index contributed by atoms with van der Waals surface area (Å²) in [6.45, 7) is 13.2. The second kappa shape index (κ2) is 11.0. The second-order valence-electron chi connectivity index (χ2n) is 12.0. The summed E-state index contributed by atoms with van der Waals surface area (Å²) in [6.07, 6.45) is -0.212. The van der Waals surface area contributed by atoms with Crippen molar-refractivity contribution >= 4 is 0 Å². The van der Waals surface area contributed by atoms with E-state index < -0.39 is 34.1 Å². The molecule has 0 aliphatic carbocycles. The highest BCUT2D eigenvalue weighted by molar-refractivity contribution is 5.65. The van der Waals surface area contributed by atoms with Crippen LogP contribution in [0.5, 0.6) is 11.5 Å². The summed E-state index contributed by atoms with van der Waals surface area (Å²) in [6, 6.07) is 10.6. The van der Waals surface area contributed by atoms with Crippen molar-refractivity contribution in [3.05, 3.63) is 82.4 Å². The van der Waals surface area contributed by atoms with Gasteiger partial charge in [0, 0.05) is 16.7 Å². The minimum absolute atomic E-state index is 0.0228. The van der Waals surface area contributed by atoms with E-state index in [0.29, 0.717) is 11.1 Å². The number of benzene rings is 3. The lowest BCUT2D eigenvalue weighted by atomic mass is 9.79. The number of aromatic hydroxyl groups is 1. The van der Waals surface area contributed by atoms with Gasteiger partial charge in [0.25, 0.3) is 0 Å². The van der Waals surface area contributed by atoms with Crippen molar-refractivity contribution in [2.75, 3.05) is 0 Å². The number of rotatable bonds is 8. The van der Waals surface area contributed by atoms with Gasteiger partial charge in [-0.05, 0) is 65.1 Å². The summed E-state index contributed by atoms with van der Waals surface area (Å²) in [5.74, 6) is -1.89. The molecule has 0 aromatic heterocycles. The van der Waals surface area contributed by atoms with Gasteiger partial charge in [-0.2, -0.15) is 8.78 Å². The number of phenolic OH excluding ortho intramolecular Hbond substituents is 1. The molecule has 1 N–H and O–H groups in total. The normalized spacial score (nSPS) is 12.6. The zero-order valence-corrected chi connectivity index (χ0v) is 23.3. The van der Waals surface area contributed by atoms with E-state index >= 15 is 13.2 Å². The average Bonchev–Trinajstić information content (AvgIpc) is 2.78. The summed E-state index contributed by atoms with van der Waals surface area (Å²) >= 11 is 0. The highest BCUT2D eigenvalue weighted by atomic mass is 19.3. The van der Waals surface area contributed by atoms with Crippen LogP contribution >= 0.6 is 0 Å². The molecule has 0 atom stereocenters. The van der Waals surface area contributed by atoms with Crippen LogP contribution in [-0.2, 0) is 23.4 Å². The van der Waals surface area contributed by atoms with E-state index in [4.69, 9.17) is 4.74 Å². The highest BCUT2D eigenvalue weighted by Gasteiger charge is 2.39. The summed E-state index contributed by atoms with van der Waals surface area (Å²) in [7, 11) is 0. The van der Waals surface area contributed by atoms with Crippen LogP contribution in [0, 0.1) is 11.6 Å². The van der Waals surface area contributed by atoms with Gasteiger partial charge < -0.3 is 9.84 Å². The van der Waals surface area contributed by atoms with Crippen LogP contribution in [0.4, 0.5) is 17.6 Å². The largest absolute Gasteiger partial charge is 0.507 e. The van der Waals surface area contributed by atoms with Crippen molar-refractivity contribution in [1.29, 1.82) is 0 Å². The molecule has 0 aliphatic heterocycles. The van der Waals surface area contributed by atoms with E-state index in [1.807, 2.05) is 41.5 Å². The molecule has 0 bridgehead atoms. The van der Waals surface area contributed by atoms with Crippen LogP contribution in [0.3, 0.4) is 0 Å². The van der Waals surface area contributed by atoms with Gasteiger partial charge in [0.15, 0.2) is 0 Å². The molecule has 3 aromatic carbocycles. The van der Waals surface area contributed by atoms with Crippen LogP contribution in [0.15, 0.2) is 48.5 Å². The molecule has 0 saturated carbocycles. The fourth-order valence-electron chi connectivity index (χ4n) is 4.46. The van der Waals surface area contributed by atoms with Crippen molar-refractivity contribution in [3.63, 3.8) is 0 Å². The monoisotopic (exact) mass is 530 g/mol. The number of alkyl halides is 2. The van der Waals surface area contributed by atoms with Crippen molar-refractivity contribution in [3.8, 4) is 22.6 Å².